The first-order chi connectivity index (χ1) is 17.3. The zero-order valence-corrected chi connectivity index (χ0v) is 21.6. The summed E-state index contributed by atoms with van der Waals surface area (Å²) in [5.74, 6) is -0.205. The van der Waals surface area contributed by atoms with Crippen molar-refractivity contribution >= 4 is 21.6 Å². The molecule has 4 rings (SSSR count). The number of carbonyl (C=O) groups excluding carboxylic acids is 1. The molecule has 0 unspecified atom stereocenters. The van der Waals surface area contributed by atoms with E-state index >= 15 is 0 Å². The Balaban J connectivity index is 1.35. The summed E-state index contributed by atoms with van der Waals surface area (Å²) >= 11 is 0. The Morgan fingerprint density at radius 1 is 0.944 bits per heavy atom. The van der Waals surface area contributed by atoms with E-state index in [-0.39, 0.29) is 12.5 Å². The van der Waals surface area contributed by atoms with Crippen LogP contribution in [0.5, 0.6) is 0 Å². The third-order valence-electron chi connectivity index (χ3n) is 6.38. The standard InChI is InChI=1S/C28H33N3O4S/c1-22-5-3-4-6-26(22)21-31(36(2,33)34)27-13-11-25(12-14-27)28(32)29-19-23-7-9-24(10-8-23)20-30-15-17-35-18-16-30/h3-14H,15-21H2,1-2H3,(H,29,32). The summed E-state index contributed by atoms with van der Waals surface area (Å²) in [6.07, 6.45) is 1.19. The van der Waals surface area contributed by atoms with Crippen LogP contribution in [0, 0.1) is 6.92 Å². The van der Waals surface area contributed by atoms with Crippen LogP contribution in [0.25, 0.3) is 0 Å². The predicted octanol–water partition coefficient (Wildman–Crippen LogP) is 3.72. The van der Waals surface area contributed by atoms with Gasteiger partial charge >= 0.3 is 0 Å². The van der Waals surface area contributed by atoms with Gasteiger partial charge in [-0.25, -0.2) is 8.42 Å². The average molecular weight is 508 g/mol. The highest BCUT2D eigenvalue weighted by molar-refractivity contribution is 7.92. The molecule has 1 aliphatic rings. The highest BCUT2D eigenvalue weighted by Gasteiger charge is 2.19. The van der Waals surface area contributed by atoms with E-state index in [9.17, 15) is 13.2 Å². The zero-order chi connectivity index (χ0) is 25.5. The summed E-state index contributed by atoms with van der Waals surface area (Å²) in [6, 6.07) is 22.6. The third-order valence-corrected chi connectivity index (χ3v) is 7.52. The lowest BCUT2D eigenvalue weighted by molar-refractivity contribution is 0.0342. The van der Waals surface area contributed by atoms with E-state index in [1.807, 2.05) is 43.3 Å². The second-order valence-electron chi connectivity index (χ2n) is 9.13. The van der Waals surface area contributed by atoms with Crippen molar-refractivity contribution in [1.82, 2.24) is 10.2 Å². The first kappa shape index (κ1) is 25.9. The van der Waals surface area contributed by atoms with Crippen LogP contribution in [0.3, 0.4) is 0 Å². The van der Waals surface area contributed by atoms with Gasteiger partial charge in [-0.1, -0.05) is 48.5 Å². The second kappa shape index (κ2) is 11.7. The molecule has 1 aliphatic heterocycles. The van der Waals surface area contributed by atoms with Gasteiger partial charge in [-0.3, -0.25) is 14.0 Å². The molecule has 0 bridgehead atoms. The van der Waals surface area contributed by atoms with Crippen LogP contribution < -0.4 is 9.62 Å². The van der Waals surface area contributed by atoms with Crippen molar-refractivity contribution in [2.75, 3.05) is 36.9 Å². The molecule has 3 aromatic rings. The lowest BCUT2D eigenvalue weighted by Gasteiger charge is -2.26. The van der Waals surface area contributed by atoms with Gasteiger partial charge in [-0.2, -0.15) is 0 Å². The molecule has 0 atom stereocenters. The number of hydrogen-bond acceptors (Lipinski definition) is 5. The fraction of sp³-hybridized carbons (Fsp3) is 0.321. The van der Waals surface area contributed by atoms with E-state index in [2.05, 4.69) is 22.3 Å². The van der Waals surface area contributed by atoms with Gasteiger partial charge < -0.3 is 10.1 Å². The van der Waals surface area contributed by atoms with Crippen molar-refractivity contribution < 1.29 is 17.9 Å². The van der Waals surface area contributed by atoms with E-state index in [1.165, 1.54) is 16.1 Å². The van der Waals surface area contributed by atoms with Crippen molar-refractivity contribution in [3.63, 3.8) is 0 Å². The van der Waals surface area contributed by atoms with Gasteiger partial charge in [-0.15, -0.1) is 0 Å². The number of aryl methyl sites for hydroxylation is 1. The van der Waals surface area contributed by atoms with E-state index in [4.69, 9.17) is 4.74 Å². The van der Waals surface area contributed by atoms with Gasteiger partial charge in [0.25, 0.3) is 5.91 Å². The lowest BCUT2D eigenvalue weighted by Crippen LogP contribution is -2.35. The normalized spacial score (nSPS) is 14.4. The van der Waals surface area contributed by atoms with E-state index in [0.717, 1.165) is 49.5 Å². The highest BCUT2D eigenvalue weighted by atomic mass is 32.2. The minimum Gasteiger partial charge on any atom is -0.379 e. The average Bonchev–Trinajstić information content (AvgIpc) is 2.88. The van der Waals surface area contributed by atoms with E-state index < -0.39 is 10.0 Å². The van der Waals surface area contributed by atoms with E-state index in [1.54, 1.807) is 24.3 Å². The first-order valence-electron chi connectivity index (χ1n) is 12.1. The molecular weight excluding hydrogens is 474 g/mol. The molecule has 36 heavy (non-hydrogen) atoms. The third kappa shape index (κ3) is 6.94. The minimum absolute atomic E-state index is 0.205. The molecule has 8 heteroatoms. The Morgan fingerprint density at radius 2 is 1.58 bits per heavy atom. The number of sulfonamides is 1. The summed E-state index contributed by atoms with van der Waals surface area (Å²) in [7, 11) is -3.50. The number of amides is 1. The molecule has 1 heterocycles. The van der Waals surface area contributed by atoms with Crippen LogP contribution in [0.4, 0.5) is 5.69 Å². The number of hydrogen-bond donors (Lipinski definition) is 1. The summed E-state index contributed by atoms with van der Waals surface area (Å²) in [6.45, 7) is 6.97. The summed E-state index contributed by atoms with van der Waals surface area (Å²) in [4.78, 5) is 15.1. The number of rotatable bonds is 9. The summed E-state index contributed by atoms with van der Waals surface area (Å²) in [5.41, 5.74) is 5.22. The maximum absolute atomic E-state index is 12.7. The molecule has 3 aromatic carbocycles. The molecule has 190 valence electrons. The largest absolute Gasteiger partial charge is 0.379 e. The fourth-order valence-corrected chi connectivity index (χ4v) is 5.06. The van der Waals surface area contributed by atoms with Gasteiger partial charge in [-0.05, 0) is 53.4 Å². The highest BCUT2D eigenvalue weighted by Crippen LogP contribution is 2.22. The maximum atomic E-state index is 12.7. The lowest BCUT2D eigenvalue weighted by atomic mass is 10.1. The van der Waals surface area contributed by atoms with E-state index in [0.29, 0.717) is 17.8 Å². The molecule has 7 nitrogen and oxygen atoms in total. The topological polar surface area (TPSA) is 79.0 Å². The van der Waals surface area contributed by atoms with Crippen LogP contribution in [0.1, 0.15) is 32.6 Å². The number of morpholine rings is 1. The quantitative estimate of drug-likeness (QED) is 0.478. The van der Waals surface area contributed by atoms with Crippen LogP contribution in [-0.4, -0.2) is 51.8 Å². The first-order valence-corrected chi connectivity index (χ1v) is 13.9. The zero-order valence-electron chi connectivity index (χ0n) is 20.8. The number of ether oxygens (including phenoxy) is 1. The molecule has 1 saturated heterocycles. The molecule has 1 N–H and O–H groups in total. The van der Waals surface area contributed by atoms with Crippen molar-refractivity contribution in [2.24, 2.45) is 0 Å². The second-order valence-corrected chi connectivity index (χ2v) is 11.0. The molecule has 0 radical (unpaired) electrons. The molecule has 0 aromatic heterocycles. The monoisotopic (exact) mass is 507 g/mol. The van der Waals surface area contributed by atoms with Gasteiger partial charge in [0.1, 0.15) is 0 Å². The number of benzene rings is 3. The SMILES string of the molecule is Cc1ccccc1CN(c1ccc(C(=O)NCc2ccc(CN3CCOCC3)cc2)cc1)S(C)(=O)=O. The minimum atomic E-state index is -3.50. The van der Waals surface area contributed by atoms with Crippen LogP contribution in [-0.2, 0) is 34.4 Å². The Bertz CT molecular complexity index is 1270. The molecule has 0 saturated carbocycles. The predicted molar refractivity (Wildman–Crippen MR) is 142 cm³/mol. The van der Waals surface area contributed by atoms with Crippen molar-refractivity contribution in [2.45, 2.75) is 26.6 Å². The van der Waals surface area contributed by atoms with Crippen LogP contribution >= 0.6 is 0 Å². The van der Waals surface area contributed by atoms with Crippen molar-refractivity contribution in [1.29, 1.82) is 0 Å². The number of carbonyl (C=O) groups is 1. The Hall–Kier alpha value is -3.20. The number of nitrogens with zero attached hydrogens (tertiary/aromatic N) is 2. The molecule has 0 spiro atoms. The summed E-state index contributed by atoms with van der Waals surface area (Å²) < 4.78 is 31.8. The maximum Gasteiger partial charge on any atom is 0.251 e. The number of anilines is 1. The molecular formula is C28H33N3O4S. The van der Waals surface area contributed by atoms with Crippen LogP contribution in [0.15, 0.2) is 72.8 Å². The Kier molecular flexibility index (Phi) is 8.40. The van der Waals surface area contributed by atoms with Gasteiger partial charge in [0.15, 0.2) is 0 Å². The summed E-state index contributed by atoms with van der Waals surface area (Å²) in [5, 5.41) is 2.94. The van der Waals surface area contributed by atoms with Crippen LogP contribution in [0.2, 0.25) is 0 Å². The van der Waals surface area contributed by atoms with Gasteiger partial charge in [0.2, 0.25) is 10.0 Å². The number of nitrogens with one attached hydrogen (secondary N) is 1. The van der Waals surface area contributed by atoms with Gasteiger partial charge in [0, 0.05) is 31.7 Å². The smallest absolute Gasteiger partial charge is 0.251 e. The molecule has 1 fully saturated rings. The Morgan fingerprint density at radius 3 is 2.22 bits per heavy atom. The van der Waals surface area contributed by atoms with Crippen molar-refractivity contribution in [3.05, 3.63) is 101 Å². The Labute approximate surface area is 213 Å². The molecule has 0 aliphatic carbocycles. The fourth-order valence-electron chi connectivity index (χ4n) is 4.19. The van der Waals surface area contributed by atoms with Gasteiger partial charge in [0.05, 0.1) is 31.7 Å². The molecule has 1 amide bonds. The van der Waals surface area contributed by atoms with Crippen molar-refractivity contribution in [3.8, 4) is 0 Å².